The fourth-order valence-electron chi connectivity index (χ4n) is 1.42. The van der Waals surface area contributed by atoms with Crippen molar-refractivity contribution in [3.8, 4) is 0 Å². The molecule has 0 spiro atoms. The Balaban J connectivity index is 2.06. The molecule has 0 radical (unpaired) electrons. The molecule has 1 amide bonds. The lowest BCUT2D eigenvalue weighted by atomic mass is 10.2. The highest BCUT2D eigenvalue weighted by Gasteiger charge is 2.06. The molecule has 18 heavy (non-hydrogen) atoms. The van der Waals surface area contributed by atoms with E-state index >= 15 is 0 Å². The number of amides is 1. The molecule has 3 nitrogen and oxygen atoms in total. The average Bonchev–Trinajstić information content (AvgIpc) is 2.79. The SMILES string of the molecule is NC(=O)c1csc(CNc2cc(F)ccc2F)c1. The normalized spacial score (nSPS) is 10.3. The van der Waals surface area contributed by atoms with Gasteiger partial charge >= 0.3 is 0 Å². The lowest BCUT2D eigenvalue weighted by molar-refractivity contribution is 0.100. The number of carbonyl (C=O) groups is 1. The van der Waals surface area contributed by atoms with Crippen molar-refractivity contribution in [2.45, 2.75) is 6.54 Å². The minimum atomic E-state index is -0.525. The third kappa shape index (κ3) is 2.84. The Morgan fingerprint density at radius 1 is 1.33 bits per heavy atom. The second kappa shape index (κ2) is 5.14. The maximum absolute atomic E-state index is 13.3. The van der Waals surface area contributed by atoms with Gasteiger partial charge in [-0.1, -0.05) is 0 Å². The number of nitrogens with two attached hydrogens (primary N) is 1. The monoisotopic (exact) mass is 268 g/mol. The van der Waals surface area contributed by atoms with Gasteiger partial charge in [-0.25, -0.2) is 8.78 Å². The van der Waals surface area contributed by atoms with Crippen LogP contribution in [0.1, 0.15) is 15.2 Å². The lowest BCUT2D eigenvalue weighted by Crippen LogP contribution is -2.09. The smallest absolute Gasteiger partial charge is 0.249 e. The zero-order valence-corrected chi connectivity index (χ0v) is 10.1. The minimum absolute atomic E-state index is 0.0871. The summed E-state index contributed by atoms with van der Waals surface area (Å²) in [6.07, 6.45) is 0. The van der Waals surface area contributed by atoms with Crippen molar-refractivity contribution in [2.75, 3.05) is 5.32 Å². The third-order valence-electron chi connectivity index (χ3n) is 2.32. The van der Waals surface area contributed by atoms with Crippen LogP contribution in [0.25, 0.3) is 0 Å². The van der Waals surface area contributed by atoms with Crippen molar-refractivity contribution in [2.24, 2.45) is 5.73 Å². The molecule has 0 aliphatic carbocycles. The van der Waals surface area contributed by atoms with Gasteiger partial charge in [-0.2, -0.15) is 0 Å². The molecule has 0 unspecified atom stereocenters. The lowest BCUT2D eigenvalue weighted by Gasteiger charge is -2.05. The van der Waals surface area contributed by atoms with E-state index < -0.39 is 17.5 Å². The maximum atomic E-state index is 13.3. The Kier molecular flexibility index (Phi) is 3.57. The number of anilines is 1. The van der Waals surface area contributed by atoms with E-state index in [1.807, 2.05) is 0 Å². The third-order valence-corrected chi connectivity index (χ3v) is 3.26. The number of hydrogen-bond acceptors (Lipinski definition) is 3. The van der Waals surface area contributed by atoms with E-state index in [2.05, 4.69) is 5.32 Å². The van der Waals surface area contributed by atoms with Crippen molar-refractivity contribution >= 4 is 22.9 Å². The first-order chi connectivity index (χ1) is 8.56. The average molecular weight is 268 g/mol. The molecule has 3 N–H and O–H groups in total. The second-order valence-corrected chi connectivity index (χ2v) is 4.64. The predicted molar refractivity (Wildman–Crippen MR) is 66.5 cm³/mol. The number of halogens is 2. The molecule has 0 fully saturated rings. The van der Waals surface area contributed by atoms with Gasteiger partial charge in [0.15, 0.2) is 0 Å². The second-order valence-electron chi connectivity index (χ2n) is 3.64. The van der Waals surface area contributed by atoms with Crippen LogP contribution in [0.2, 0.25) is 0 Å². The van der Waals surface area contributed by atoms with Crippen LogP contribution in [-0.4, -0.2) is 5.91 Å². The van der Waals surface area contributed by atoms with Gasteiger partial charge in [0, 0.05) is 16.8 Å². The van der Waals surface area contributed by atoms with Gasteiger partial charge in [-0.3, -0.25) is 4.79 Å². The Labute approximate surface area is 106 Å². The quantitative estimate of drug-likeness (QED) is 0.895. The van der Waals surface area contributed by atoms with Crippen LogP contribution in [0, 0.1) is 11.6 Å². The molecule has 94 valence electrons. The number of carbonyl (C=O) groups excluding carboxylic acids is 1. The number of benzene rings is 1. The van der Waals surface area contributed by atoms with Crippen LogP contribution >= 0.6 is 11.3 Å². The molecule has 6 heteroatoms. The summed E-state index contributed by atoms with van der Waals surface area (Å²) >= 11 is 1.33. The molecule has 0 saturated carbocycles. The number of primary amides is 1. The summed E-state index contributed by atoms with van der Waals surface area (Å²) in [6, 6.07) is 4.81. The summed E-state index contributed by atoms with van der Waals surface area (Å²) in [5.74, 6) is -1.54. The molecular formula is C12H10F2N2OS. The van der Waals surface area contributed by atoms with Crippen molar-refractivity contribution < 1.29 is 13.6 Å². The van der Waals surface area contributed by atoms with Gasteiger partial charge in [0.25, 0.3) is 0 Å². The van der Waals surface area contributed by atoms with Crippen molar-refractivity contribution in [3.63, 3.8) is 0 Å². The minimum Gasteiger partial charge on any atom is -0.378 e. The predicted octanol–water partition coefficient (Wildman–Crippen LogP) is 2.74. The van der Waals surface area contributed by atoms with E-state index in [1.165, 1.54) is 11.3 Å². The molecule has 1 aromatic carbocycles. The van der Waals surface area contributed by atoms with E-state index in [0.717, 1.165) is 23.1 Å². The summed E-state index contributed by atoms with van der Waals surface area (Å²) in [7, 11) is 0. The van der Waals surface area contributed by atoms with E-state index in [0.29, 0.717) is 12.1 Å². The van der Waals surface area contributed by atoms with Gasteiger partial charge in [0.05, 0.1) is 11.3 Å². The molecule has 2 aromatic rings. The first-order valence-electron chi connectivity index (χ1n) is 5.12. The molecule has 0 atom stereocenters. The Morgan fingerprint density at radius 2 is 2.11 bits per heavy atom. The molecular weight excluding hydrogens is 258 g/mol. The Morgan fingerprint density at radius 3 is 2.78 bits per heavy atom. The van der Waals surface area contributed by atoms with Gasteiger partial charge in [0.2, 0.25) is 5.91 Å². The summed E-state index contributed by atoms with van der Waals surface area (Å²) in [5, 5.41) is 4.39. The van der Waals surface area contributed by atoms with Gasteiger partial charge in [0.1, 0.15) is 11.6 Å². The van der Waals surface area contributed by atoms with E-state index in [9.17, 15) is 13.6 Å². The summed E-state index contributed by atoms with van der Waals surface area (Å²) in [4.78, 5) is 11.7. The molecule has 0 bridgehead atoms. The van der Waals surface area contributed by atoms with Crippen molar-refractivity contribution in [1.82, 2.24) is 0 Å². The van der Waals surface area contributed by atoms with Crippen molar-refractivity contribution in [3.05, 3.63) is 51.7 Å². The highest BCUT2D eigenvalue weighted by molar-refractivity contribution is 7.10. The molecule has 0 saturated heterocycles. The first-order valence-corrected chi connectivity index (χ1v) is 6.00. The van der Waals surface area contributed by atoms with Crippen LogP contribution < -0.4 is 11.1 Å². The zero-order valence-electron chi connectivity index (χ0n) is 9.24. The van der Waals surface area contributed by atoms with Crippen molar-refractivity contribution in [1.29, 1.82) is 0 Å². The molecule has 1 aromatic heterocycles. The summed E-state index contributed by atoms with van der Waals surface area (Å²) in [5.41, 5.74) is 5.62. The summed E-state index contributed by atoms with van der Waals surface area (Å²) in [6.45, 7) is 0.304. The molecule has 0 aliphatic heterocycles. The standard InChI is InChI=1S/C12H10F2N2OS/c13-8-1-2-10(14)11(4-8)16-5-9-3-7(6-18-9)12(15)17/h1-4,6,16H,5H2,(H2,15,17). The van der Waals surface area contributed by atoms with Crippen LogP contribution in [0.3, 0.4) is 0 Å². The zero-order chi connectivity index (χ0) is 13.1. The summed E-state index contributed by atoms with van der Waals surface area (Å²) < 4.78 is 26.2. The fourth-order valence-corrected chi connectivity index (χ4v) is 2.23. The van der Waals surface area contributed by atoms with E-state index in [4.69, 9.17) is 5.73 Å². The molecule has 2 rings (SSSR count). The van der Waals surface area contributed by atoms with Crippen LogP contribution in [0.15, 0.2) is 29.6 Å². The number of hydrogen-bond donors (Lipinski definition) is 2. The topological polar surface area (TPSA) is 55.1 Å². The van der Waals surface area contributed by atoms with Gasteiger partial charge < -0.3 is 11.1 Å². The molecule has 1 heterocycles. The fraction of sp³-hybridized carbons (Fsp3) is 0.0833. The highest BCUT2D eigenvalue weighted by Crippen LogP contribution is 2.19. The Bertz CT molecular complexity index is 583. The Hall–Kier alpha value is -1.95. The van der Waals surface area contributed by atoms with Crippen LogP contribution in [0.5, 0.6) is 0 Å². The van der Waals surface area contributed by atoms with Crippen LogP contribution in [-0.2, 0) is 6.54 Å². The van der Waals surface area contributed by atoms with E-state index in [1.54, 1.807) is 11.4 Å². The van der Waals surface area contributed by atoms with Gasteiger partial charge in [-0.15, -0.1) is 11.3 Å². The number of thiophene rings is 1. The maximum Gasteiger partial charge on any atom is 0.249 e. The highest BCUT2D eigenvalue weighted by atomic mass is 32.1. The number of rotatable bonds is 4. The van der Waals surface area contributed by atoms with E-state index in [-0.39, 0.29) is 5.69 Å². The number of nitrogens with one attached hydrogen (secondary N) is 1. The molecule has 0 aliphatic rings. The van der Waals surface area contributed by atoms with Crippen LogP contribution in [0.4, 0.5) is 14.5 Å². The van der Waals surface area contributed by atoms with Gasteiger partial charge in [-0.05, 0) is 24.3 Å². The first kappa shape index (κ1) is 12.5. The largest absolute Gasteiger partial charge is 0.378 e.